The smallest absolute Gasteiger partial charge is 0.317 e. The van der Waals surface area contributed by atoms with Gasteiger partial charge in [0.1, 0.15) is 0 Å². The molecule has 0 bridgehead atoms. The Labute approximate surface area is 109 Å². The highest BCUT2D eigenvalue weighted by atomic mass is 16.4. The highest BCUT2D eigenvalue weighted by Crippen LogP contribution is 2.23. The maximum Gasteiger partial charge on any atom is 0.317 e. The number of urea groups is 1. The van der Waals surface area contributed by atoms with Crippen LogP contribution in [0.4, 0.5) is 4.79 Å². The van der Waals surface area contributed by atoms with E-state index in [1.54, 1.807) is 13.8 Å². The van der Waals surface area contributed by atoms with Crippen LogP contribution in [0.25, 0.3) is 0 Å². The Bertz CT molecular complexity index is 309. The van der Waals surface area contributed by atoms with Crippen LogP contribution in [0.5, 0.6) is 0 Å². The van der Waals surface area contributed by atoms with E-state index >= 15 is 0 Å². The van der Waals surface area contributed by atoms with E-state index in [2.05, 4.69) is 5.32 Å². The van der Waals surface area contributed by atoms with Gasteiger partial charge in [-0.3, -0.25) is 4.79 Å². The van der Waals surface area contributed by atoms with E-state index in [4.69, 9.17) is 5.11 Å². The van der Waals surface area contributed by atoms with Gasteiger partial charge in [0.2, 0.25) is 0 Å². The van der Waals surface area contributed by atoms with Crippen molar-refractivity contribution in [3.63, 3.8) is 0 Å². The molecule has 2 N–H and O–H groups in total. The van der Waals surface area contributed by atoms with Crippen molar-refractivity contribution in [3.8, 4) is 0 Å². The van der Waals surface area contributed by atoms with Gasteiger partial charge in [0.05, 0.1) is 5.41 Å². The number of carbonyl (C=O) groups is 2. The summed E-state index contributed by atoms with van der Waals surface area (Å²) in [4.78, 5) is 24.8. The van der Waals surface area contributed by atoms with Crippen molar-refractivity contribution in [1.29, 1.82) is 0 Å². The van der Waals surface area contributed by atoms with Gasteiger partial charge >= 0.3 is 12.0 Å². The first-order valence-electron chi connectivity index (χ1n) is 6.66. The Kier molecular flexibility index (Phi) is 4.99. The first kappa shape index (κ1) is 14.8. The maximum absolute atomic E-state index is 12.1. The molecule has 0 aromatic heterocycles. The molecular weight excluding hydrogens is 232 g/mol. The van der Waals surface area contributed by atoms with Crippen molar-refractivity contribution < 1.29 is 14.7 Å². The van der Waals surface area contributed by atoms with E-state index in [1.807, 2.05) is 11.8 Å². The first-order valence-corrected chi connectivity index (χ1v) is 6.66. The number of hydrogen-bond donors (Lipinski definition) is 2. The lowest BCUT2D eigenvalue weighted by Crippen LogP contribution is -2.48. The van der Waals surface area contributed by atoms with Crippen molar-refractivity contribution in [2.75, 3.05) is 13.1 Å². The molecule has 2 amide bonds. The Morgan fingerprint density at radius 1 is 1.33 bits per heavy atom. The predicted molar refractivity (Wildman–Crippen MR) is 69.5 cm³/mol. The van der Waals surface area contributed by atoms with E-state index in [-0.39, 0.29) is 12.6 Å². The molecule has 104 valence electrons. The molecule has 0 atom stereocenters. The quantitative estimate of drug-likeness (QED) is 0.791. The fourth-order valence-electron chi connectivity index (χ4n) is 2.26. The molecule has 1 aliphatic rings. The van der Waals surface area contributed by atoms with Crippen LogP contribution in [0.15, 0.2) is 0 Å². The summed E-state index contributed by atoms with van der Waals surface area (Å²) in [5.74, 6) is -0.897. The van der Waals surface area contributed by atoms with Crippen molar-refractivity contribution in [3.05, 3.63) is 0 Å². The number of nitrogens with one attached hydrogen (secondary N) is 1. The van der Waals surface area contributed by atoms with Gasteiger partial charge in [-0.2, -0.15) is 0 Å². The zero-order chi connectivity index (χ0) is 13.8. The van der Waals surface area contributed by atoms with Gasteiger partial charge in [0, 0.05) is 19.1 Å². The molecule has 0 saturated heterocycles. The van der Waals surface area contributed by atoms with Gasteiger partial charge in [0.25, 0.3) is 0 Å². The molecular formula is C13H24N2O3. The lowest BCUT2D eigenvalue weighted by Gasteiger charge is -2.29. The van der Waals surface area contributed by atoms with Crippen LogP contribution in [0.1, 0.15) is 46.5 Å². The van der Waals surface area contributed by atoms with Crippen LogP contribution in [0.2, 0.25) is 0 Å². The lowest BCUT2D eigenvalue weighted by atomic mass is 9.94. The van der Waals surface area contributed by atoms with Crippen molar-refractivity contribution in [1.82, 2.24) is 10.2 Å². The van der Waals surface area contributed by atoms with E-state index in [0.717, 1.165) is 12.8 Å². The largest absolute Gasteiger partial charge is 0.481 e. The van der Waals surface area contributed by atoms with Crippen LogP contribution >= 0.6 is 0 Å². The minimum absolute atomic E-state index is 0.140. The summed E-state index contributed by atoms with van der Waals surface area (Å²) in [5, 5.41) is 11.7. The SMILES string of the molecule is CCN(C(=O)NCC(C)(C)C(=O)O)C1CCCC1. The summed E-state index contributed by atoms with van der Waals surface area (Å²) in [5.41, 5.74) is -0.926. The third-order valence-corrected chi connectivity index (χ3v) is 3.63. The number of carbonyl (C=O) groups excluding carboxylic acids is 1. The molecule has 0 spiro atoms. The molecule has 5 nitrogen and oxygen atoms in total. The number of aliphatic carboxylic acids is 1. The topological polar surface area (TPSA) is 69.6 Å². The third kappa shape index (κ3) is 3.62. The van der Waals surface area contributed by atoms with Gasteiger partial charge in [0.15, 0.2) is 0 Å². The standard InChI is InChI=1S/C13H24N2O3/c1-4-15(10-7-5-6-8-10)12(18)14-9-13(2,3)11(16)17/h10H,4-9H2,1-3H3,(H,14,18)(H,16,17). The molecule has 0 radical (unpaired) electrons. The molecule has 5 heteroatoms. The van der Waals surface area contributed by atoms with E-state index < -0.39 is 11.4 Å². The summed E-state index contributed by atoms with van der Waals surface area (Å²) in [6.45, 7) is 6.01. The van der Waals surface area contributed by atoms with Crippen LogP contribution < -0.4 is 5.32 Å². The molecule has 1 rings (SSSR count). The van der Waals surface area contributed by atoms with Gasteiger partial charge in [-0.1, -0.05) is 12.8 Å². The monoisotopic (exact) mass is 256 g/mol. The Morgan fingerprint density at radius 2 is 1.89 bits per heavy atom. The number of amides is 2. The van der Waals surface area contributed by atoms with Crippen LogP contribution in [0, 0.1) is 5.41 Å². The molecule has 0 aromatic carbocycles. The van der Waals surface area contributed by atoms with Crippen LogP contribution in [-0.2, 0) is 4.79 Å². The van der Waals surface area contributed by atoms with E-state index in [1.165, 1.54) is 12.8 Å². The molecule has 0 aliphatic heterocycles. The molecule has 0 aromatic rings. The van der Waals surface area contributed by atoms with Crippen LogP contribution in [0.3, 0.4) is 0 Å². The van der Waals surface area contributed by atoms with Crippen LogP contribution in [-0.4, -0.2) is 41.1 Å². The molecule has 0 unspecified atom stereocenters. The number of nitrogens with zero attached hydrogens (tertiary/aromatic N) is 1. The molecule has 18 heavy (non-hydrogen) atoms. The predicted octanol–water partition coefficient (Wildman–Crippen LogP) is 2.07. The number of carboxylic acids is 1. The summed E-state index contributed by atoms with van der Waals surface area (Å²) >= 11 is 0. The molecule has 0 heterocycles. The molecule has 1 aliphatic carbocycles. The minimum atomic E-state index is -0.926. The van der Waals surface area contributed by atoms with Crippen molar-refractivity contribution >= 4 is 12.0 Å². The Morgan fingerprint density at radius 3 is 2.33 bits per heavy atom. The van der Waals surface area contributed by atoms with Crippen molar-refractivity contribution in [2.24, 2.45) is 5.41 Å². The average molecular weight is 256 g/mol. The van der Waals surface area contributed by atoms with Gasteiger partial charge < -0.3 is 15.3 Å². The second kappa shape index (κ2) is 6.07. The number of carboxylic acid groups (broad SMARTS) is 1. The summed E-state index contributed by atoms with van der Waals surface area (Å²) in [7, 11) is 0. The highest BCUT2D eigenvalue weighted by molar-refractivity contribution is 5.77. The number of rotatable bonds is 5. The third-order valence-electron chi connectivity index (χ3n) is 3.63. The first-order chi connectivity index (χ1) is 8.38. The normalized spacial score (nSPS) is 16.6. The van der Waals surface area contributed by atoms with E-state index in [0.29, 0.717) is 12.6 Å². The second-order valence-electron chi connectivity index (χ2n) is 5.57. The lowest BCUT2D eigenvalue weighted by molar-refractivity contribution is -0.146. The fourth-order valence-corrected chi connectivity index (χ4v) is 2.26. The average Bonchev–Trinajstić information content (AvgIpc) is 2.81. The zero-order valence-corrected chi connectivity index (χ0v) is 11.5. The Balaban J connectivity index is 2.50. The maximum atomic E-state index is 12.1. The van der Waals surface area contributed by atoms with Gasteiger partial charge in [-0.25, -0.2) is 4.79 Å². The summed E-state index contributed by atoms with van der Waals surface area (Å²) < 4.78 is 0. The van der Waals surface area contributed by atoms with Crippen molar-refractivity contribution in [2.45, 2.75) is 52.5 Å². The Hall–Kier alpha value is -1.26. The van der Waals surface area contributed by atoms with Gasteiger partial charge in [-0.05, 0) is 33.6 Å². The molecule has 1 saturated carbocycles. The van der Waals surface area contributed by atoms with Gasteiger partial charge in [-0.15, -0.1) is 0 Å². The fraction of sp³-hybridized carbons (Fsp3) is 0.846. The highest BCUT2D eigenvalue weighted by Gasteiger charge is 2.30. The zero-order valence-electron chi connectivity index (χ0n) is 11.5. The molecule has 1 fully saturated rings. The summed E-state index contributed by atoms with van der Waals surface area (Å²) in [6.07, 6.45) is 4.47. The minimum Gasteiger partial charge on any atom is -0.481 e. The second-order valence-corrected chi connectivity index (χ2v) is 5.57. The summed E-state index contributed by atoms with van der Waals surface area (Å²) in [6, 6.07) is 0.182. The van der Waals surface area contributed by atoms with E-state index in [9.17, 15) is 9.59 Å². The number of hydrogen-bond acceptors (Lipinski definition) is 2.